The van der Waals surface area contributed by atoms with E-state index in [0.29, 0.717) is 12.0 Å². The number of aliphatic hydroxyl groups excluding tert-OH is 1. The Kier molecular flexibility index (Phi) is 3.32. The van der Waals surface area contributed by atoms with Crippen molar-refractivity contribution >= 4 is 28.2 Å². The first-order valence-electron chi connectivity index (χ1n) is 6.24. The van der Waals surface area contributed by atoms with Crippen molar-refractivity contribution in [1.29, 1.82) is 0 Å². The Bertz CT molecular complexity index is 403. The van der Waals surface area contributed by atoms with Crippen molar-refractivity contribution in [3.63, 3.8) is 0 Å². The van der Waals surface area contributed by atoms with Gasteiger partial charge in [-0.05, 0) is 19.8 Å². The zero-order valence-electron chi connectivity index (χ0n) is 10.1. The van der Waals surface area contributed by atoms with Crippen molar-refractivity contribution in [1.82, 2.24) is 4.98 Å². The summed E-state index contributed by atoms with van der Waals surface area (Å²) < 4.78 is 0. The van der Waals surface area contributed by atoms with Gasteiger partial charge in [0.25, 0.3) is 0 Å². The first kappa shape index (κ1) is 11.8. The quantitative estimate of drug-likeness (QED) is 0.915. The molecule has 0 amide bonds. The maximum atomic E-state index is 9.42. The van der Waals surface area contributed by atoms with E-state index in [1.165, 1.54) is 30.0 Å². The lowest BCUT2D eigenvalue weighted by Crippen LogP contribution is -2.40. The van der Waals surface area contributed by atoms with E-state index in [4.69, 9.17) is 4.98 Å². The van der Waals surface area contributed by atoms with Crippen LogP contribution in [0, 0.1) is 0 Å². The van der Waals surface area contributed by atoms with Gasteiger partial charge >= 0.3 is 0 Å². The van der Waals surface area contributed by atoms with E-state index in [1.807, 2.05) is 11.8 Å². The van der Waals surface area contributed by atoms with Gasteiger partial charge in [0, 0.05) is 30.0 Å². The Morgan fingerprint density at radius 1 is 1.47 bits per heavy atom. The first-order chi connectivity index (χ1) is 8.29. The highest BCUT2D eigenvalue weighted by Crippen LogP contribution is 2.44. The third kappa shape index (κ3) is 2.33. The van der Waals surface area contributed by atoms with E-state index in [1.54, 1.807) is 11.3 Å². The molecule has 0 aromatic carbocycles. The molecule has 3 rings (SSSR count). The highest BCUT2D eigenvalue weighted by molar-refractivity contribution is 7.99. The predicted octanol–water partition coefficient (Wildman–Crippen LogP) is 2.45. The van der Waals surface area contributed by atoms with Crippen LogP contribution in [-0.2, 0) is 6.61 Å². The molecule has 94 valence electrons. The molecule has 2 fully saturated rings. The van der Waals surface area contributed by atoms with Crippen molar-refractivity contribution < 1.29 is 5.11 Å². The molecule has 0 radical (unpaired) electrons. The SMILES string of the molecule is CC1CSCCN1c1nc(C2CC2)c(CO)s1. The van der Waals surface area contributed by atoms with Crippen LogP contribution in [0.15, 0.2) is 0 Å². The second-order valence-electron chi connectivity index (χ2n) is 4.85. The molecule has 1 aromatic rings. The van der Waals surface area contributed by atoms with Crippen LogP contribution in [-0.4, -0.2) is 34.2 Å². The van der Waals surface area contributed by atoms with Gasteiger partial charge in [-0.1, -0.05) is 11.3 Å². The predicted molar refractivity (Wildman–Crippen MR) is 74.1 cm³/mol. The van der Waals surface area contributed by atoms with Crippen LogP contribution in [0.4, 0.5) is 5.13 Å². The summed E-state index contributed by atoms with van der Waals surface area (Å²) in [5.41, 5.74) is 1.18. The Morgan fingerprint density at radius 3 is 2.94 bits per heavy atom. The Labute approximate surface area is 110 Å². The van der Waals surface area contributed by atoms with Crippen LogP contribution in [0.25, 0.3) is 0 Å². The van der Waals surface area contributed by atoms with E-state index in [9.17, 15) is 5.11 Å². The van der Waals surface area contributed by atoms with Crippen LogP contribution in [0.3, 0.4) is 0 Å². The summed E-state index contributed by atoms with van der Waals surface area (Å²) in [4.78, 5) is 8.29. The number of hydrogen-bond acceptors (Lipinski definition) is 5. The summed E-state index contributed by atoms with van der Waals surface area (Å²) in [6, 6.07) is 0.568. The van der Waals surface area contributed by atoms with Gasteiger partial charge in [-0.15, -0.1) is 0 Å². The molecular formula is C12H18N2OS2. The van der Waals surface area contributed by atoms with Gasteiger partial charge in [0.05, 0.1) is 17.2 Å². The van der Waals surface area contributed by atoms with Gasteiger partial charge in [0.1, 0.15) is 0 Å². The van der Waals surface area contributed by atoms with Crippen LogP contribution < -0.4 is 4.90 Å². The standard InChI is InChI=1S/C12H18N2OS2/c1-8-7-16-5-4-14(8)12-13-11(9-2-3-9)10(6-15)17-12/h8-9,15H,2-7H2,1H3. The summed E-state index contributed by atoms with van der Waals surface area (Å²) in [5, 5.41) is 10.5. The van der Waals surface area contributed by atoms with Crippen molar-refractivity contribution in [3.05, 3.63) is 10.6 Å². The van der Waals surface area contributed by atoms with E-state index in [0.717, 1.165) is 16.6 Å². The topological polar surface area (TPSA) is 36.4 Å². The van der Waals surface area contributed by atoms with Gasteiger partial charge in [-0.3, -0.25) is 0 Å². The lowest BCUT2D eigenvalue weighted by Gasteiger charge is -2.32. The second kappa shape index (κ2) is 4.78. The zero-order chi connectivity index (χ0) is 11.8. The highest BCUT2D eigenvalue weighted by atomic mass is 32.2. The third-order valence-electron chi connectivity index (χ3n) is 3.44. The number of aromatic nitrogens is 1. The van der Waals surface area contributed by atoms with Gasteiger partial charge in [-0.2, -0.15) is 11.8 Å². The van der Waals surface area contributed by atoms with Gasteiger partial charge in [0.2, 0.25) is 0 Å². The maximum Gasteiger partial charge on any atom is 0.186 e. The molecule has 0 bridgehead atoms. The fraction of sp³-hybridized carbons (Fsp3) is 0.750. The number of aliphatic hydroxyl groups is 1. The molecule has 1 saturated heterocycles. The molecule has 2 heterocycles. The molecule has 0 spiro atoms. The molecule has 1 atom stereocenters. The molecule has 3 nitrogen and oxygen atoms in total. The maximum absolute atomic E-state index is 9.42. The normalized spacial score (nSPS) is 25.3. The molecule has 1 aliphatic carbocycles. The minimum atomic E-state index is 0.153. The Hall–Kier alpha value is -0.260. The van der Waals surface area contributed by atoms with Gasteiger partial charge in [-0.25, -0.2) is 4.98 Å². The van der Waals surface area contributed by atoms with E-state index < -0.39 is 0 Å². The molecular weight excluding hydrogens is 252 g/mol. The van der Waals surface area contributed by atoms with Crippen LogP contribution in [0.1, 0.15) is 36.3 Å². The molecule has 1 aliphatic heterocycles. The number of rotatable bonds is 3. The smallest absolute Gasteiger partial charge is 0.186 e. The zero-order valence-corrected chi connectivity index (χ0v) is 11.7. The molecule has 1 saturated carbocycles. The fourth-order valence-electron chi connectivity index (χ4n) is 2.27. The summed E-state index contributed by atoms with van der Waals surface area (Å²) in [6.07, 6.45) is 2.50. The van der Waals surface area contributed by atoms with Crippen LogP contribution in [0.2, 0.25) is 0 Å². The number of nitrogens with zero attached hydrogens (tertiary/aromatic N) is 2. The molecule has 1 aromatic heterocycles. The van der Waals surface area contributed by atoms with Crippen molar-refractivity contribution in [2.75, 3.05) is 23.0 Å². The number of anilines is 1. The molecule has 17 heavy (non-hydrogen) atoms. The number of thioether (sulfide) groups is 1. The van der Waals surface area contributed by atoms with Gasteiger partial charge in [0.15, 0.2) is 5.13 Å². The first-order valence-corrected chi connectivity index (χ1v) is 8.21. The van der Waals surface area contributed by atoms with Crippen LogP contribution >= 0.6 is 23.1 Å². The summed E-state index contributed by atoms with van der Waals surface area (Å²) in [5.74, 6) is 3.01. The number of thiazole rings is 1. The fourth-order valence-corrected chi connectivity index (χ4v) is 4.42. The summed E-state index contributed by atoms with van der Waals surface area (Å²) in [7, 11) is 0. The monoisotopic (exact) mass is 270 g/mol. The van der Waals surface area contributed by atoms with Crippen molar-refractivity contribution in [3.8, 4) is 0 Å². The largest absolute Gasteiger partial charge is 0.391 e. The molecule has 2 aliphatic rings. The average Bonchev–Trinajstić information content (AvgIpc) is 3.10. The highest BCUT2D eigenvalue weighted by Gasteiger charge is 2.31. The lowest BCUT2D eigenvalue weighted by molar-refractivity contribution is 0.284. The molecule has 1 N–H and O–H groups in total. The summed E-state index contributed by atoms with van der Waals surface area (Å²) in [6.45, 7) is 3.51. The average molecular weight is 270 g/mol. The minimum Gasteiger partial charge on any atom is -0.391 e. The lowest BCUT2D eigenvalue weighted by atomic mass is 10.2. The van der Waals surface area contributed by atoms with E-state index in [-0.39, 0.29) is 6.61 Å². The van der Waals surface area contributed by atoms with E-state index >= 15 is 0 Å². The molecule has 1 unspecified atom stereocenters. The Morgan fingerprint density at radius 2 is 2.29 bits per heavy atom. The third-order valence-corrected chi connectivity index (χ3v) is 5.72. The molecule has 5 heteroatoms. The van der Waals surface area contributed by atoms with Crippen LogP contribution in [0.5, 0.6) is 0 Å². The van der Waals surface area contributed by atoms with E-state index in [2.05, 4.69) is 11.8 Å². The number of hydrogen-bond donors (Lipinski definition) is 1. The Balaban J connectivity index is 1.86. The van der Waals surface area contributed by atoms with Gasteiger partial charge < -0.3 is 10.0 Å². The van der Waals surface area contributed by atoms with Crippen molar-refractivity contribution in [2.24, 2.45) is 0 Å². The summed E-state index contributed by atoms with van der Waals surface area (Å²) >= 11 is 3.72. The second-order valence-corrected chi connectivity index (χ2v) is 7.07. The minimum absolute atomic E-state index is 0.153. The van der Waals surface area contributed by atoms with Crippen molar-refractivity contribution in [2.45, 2.75) is 38.3 Å².